The lowest BCUT2D eigenvalue weighted by molar-refractivity contribution is -0.117. The number of rotatable bonds is 6. The van der Waals surface area contributed by atoms with E-state index >= 15 is 0 Å². The highest BCUT2D eigenvalue weighted by atomic mass is 16.5. The Kier molecular flexibility index (Phi) is 6.01. The number of benzene rings is 1. The number of piperidine rings is 1. The van der Waals surface area contributed by atoms with Crippen LogP contribution in [0.4, 0.5) is 5.69 Å². The number of nitrogens with one attached hydrogen (secondary N) is 1. The summed E-state index contributed by atoms with van der Waals surface area (Å²) in [6, 6.07) is 13.6. The van der Waals surface area contributed by atoms with Crippen molar-refractivity contribution in [2.75, 3.05) is 31.6 Å². The average Bonchev–Trinajstić information content (AvgIpc) is 2.62. The number of nitrogens with zero attached hydrogens (tertiary/aromatic N) is 2. The summed E-state index contributed by atoms with van der Waals surface area (Å²) < 4.78 is 5.74. The van der Waals surface area contributed by atoms with Gasteiger partial charge in [0.15, 0.2) is 0 Å². The van der Waals surface area contributed by atoms with Crippen molar-refractivity contribution in [3.63, 3.8) is 0 Å². The van der Waals surface area contributed by atoms with E-state index in [1.54, 1.807) is 6.20 Å². The van der Waals surface area contributed by atoms with E-state index in [4.69, 9.17) is 4.74 Å². The van der Waals surface area contributed by atoms with E-state index < -0.39 is 0 Å². The number of carbonyl (C=O) groups is 1. The van der Waals surface area contributed by atoms with Crippen LogP contribution in [0.5, 0.6) is 5.88 Å². The fourth-order valence-electron chi connectivity index (χ4n) is 3.07. The van der Waals surface area contributed by atoms with Gasteiger partial charge in [-0.25, -0.2) is 4.98 Å². The SMILES string of the molecule is Cc1cccc(NC(=O)CN2CCC(COc3ccccn3)CC2)c1. The molecule has 1 fully saturated rings. The van der Waals surface area contributed by atoms with Gasteiger partial charge in [-0.15, -0.1) is 0 Å². The van der Waals surface area contributed by atoms with Gasteiger partial charge in [-0.1, -0.05) is 18.2 Å². The first-order valence-corrected chi connectivity index (χ1v) is 8.82. The first-order valence-electron chi connectivity index (χ1n) is 8.82. The largest absolute Gasteiger partial charge is 0.477 e. The van der Waals surface area contributed by atoms with E-state index in [0.717, 1.165) is 37.2 Å². The topological polar surface area (TPSA) is 54.5 Å². The monoisotopic (exact) mass is 339 g/mol. The molecule has 2 heterocycles. The molecule has 5 heteroatoms. The standard InChI is InChI=1S/C20H25N3O2/c1-16-5-4-6-18(13-16)22-19(24)14-23-11-8-17(9-12-23)15-25-20-7-2-3-10-21-20/h2-7,10,13,17H,8-9,11-12,14-15H2,1H3,(H,22,24). The lowest BCUT2D eigenvalue weighted by Gasteiger charge is -2.31. The summed E-state index contributed by atoms with van der Waals surface area (Å²) in [6.07, 6.45) is 3.83. The zero-order valence-electron chi connectivity index (χ0n) is 14.6. The second-order valence-electron chi connectivity index (χ2n) is 6.62. The van der Waals surface area contributed by atoms with Crippen LogP contribution >= 0.6 is 0 Å². The highest BCUT2D eigenvalue weighted by Gasteiger charge is 2.21. The lowest BCUT2D eigenvalue weighted by atomic mass is 9.98. The van der Waals surface area contributed by atoms with Gasteiger partial charge in [0.25, 0.3) is 0 Å². The van der Waals surface area contributed by atoms with Crippen molar-refractivity contribution in [2.45, 2.75) is 19.8 Å². The number of likely N-dealkylation sites (tertiary alicyclic amines) is 1. The Morgan fingerprint density at radius 3 is 2.80 bits per heavy atom. The molecular formula is C20H25N3O2. The quantitative estimate of drug-likeness (QED) is 0.878. The fraction of sp³-hybridized carbons (Fsp3) is 0.400. The van der Waals surface area contributed by atoms with Crippen LogP contribution in [0.15, 0.2) is 48.7 Å². The molecule has 0 unspecified atom stereocenters. The maximum absolute atomic E-state index is 12.2. The Bertz CT molecular complexity index is 682. The van der Waals surface area contributed by atoms with Gasteiger partial charge in [0, 0.05) is 18.0 Å². The Morgan fingerprint density at radius 2 is 2.08 bits per heavy atom. The minimum atomic E-state index is 0.0498. The van der Waals surface area contributed by atoms with Gasteiger partial charge in [-0.3, -0.25) is 9.69 Å². The van der Waals surface area contributed by atoms with E-state index in [0.29, 0.717) is 24.9 Å². The number of anilines is 1. The third kappa shape index (κ3) is 5.57. The number of hydrogen-bond donors (Lipinski definition) is 1. The normalized spacial score (nSPS) is 15.7. The van der Waals surface area contributed by atoms with E-state index in [-0.39, 0.29) is 5.91 Å². The van der Waals surface area contributed by atoms with Gasteiger partial charge >= 0.3 is 0 Å². The van der Waals surface area contributed by atoms with Crippen LogP contribution in [0.2, 0.25) is 0 Å². The predicted molar refractivity (Wildman–Crippen MR) is 98.7 cm³/mol. The van der Waals surface area contributed by atoms with Crippen LogP contribution in [-0.4, -0.2) is 42.0 Å². The molecule has 5 nitrogen and oxygen atoms in total. The van der Waals surface area contributed by atoms with Crippen molar-refractivity contribution in [3.05, 3.63) is 54.2 Å². The number of aryl methyl sites for hydroxylation is 1. The number of amides is 1. The second-order valence-corrected chi connectivity index (χ2v) is 6.62. The molecule has 3 rings (SSSR count). The highest BCUT2D eigenvalue weighted by molar-refractivity contribution is 5.92. The number of aromatic nitrogens is 1. The van der Waals surface area contributed by atoms with Crippen LogP contribution in [0.25, 0.3) is 0 Å². The summed E-state index contributed by atoms with van der Waals surface area (Å²) in [4.78, 5) is 18.6. The van der Waals surface area contributed by atoms with Crippen LogP contribution in [0.1, 0.15) is 18.4 Å². The lowest BCUT2D eigenvalue weighted by Crippen LogP contribution is -2.40. The third-order valence-corrected chi connectivity index (χ3v) is 4.48. The summed E-state index contributed by atoms with van der Waals surface area (Å²) in [5.41, 5.74) is 2.01. The third-order valence-electron chi connectivity index (χ3n) is 4.48. The Balaban J connectivity index is 1.38. The van der Waals surface area contributed by atoms with Crippen LogP contribution < -0.4 is 10.1 Å². The van der Waals surface area contributed by atoms with Gasteiger partial charge in [-0.05, 0) is 62.5 Å². The summed E-state index contributed by atoms with van der Waals surface area (Å²) in [5.74, 6) is 1.26. The molecular weight excluding hydrogens is 314 g/mol. The fourth-order valence-corrected chi connectivity index (χ4v) is 3.07. The van der Waals surface area contributed by atoms with E-state index in [1.807, 2.05) is 49.4 Å². The van der Waals surface area contributed by atoms with Crippen LogP contribution in [0.3, 0.4) is 0 Å². The maximum atomic E-state index is 12.2. The van der Waals surface area contributed by atoms with Crippen molar-refractivity contribution in [1.29, 1.82) is 0 Å². The molecule has 0 aliphatic carbocycles. The number of hydrogen-bond acceptors (Lipinski definition) is 4. The van der Waals surface area contributed by atoms with Crippen molar-refractivity contribution < 1.29 is 9.53 Å². The Labute approximate surface area is 149 Å². The van der Waals surface area contributed by atoms with Gasteiger partial charge in [-0.2, -0.15) is 0 Å². The second kappa shape index (κ2) is 8.62. The van der Waals surface area contributed by atoms with Crippen molar-refractivity contribution in [1.82, 2.24) is 9.88 Å². The predicted octanol–water partition coefficient (Wildman–Crippen LogP) is 3.12. The molecule has 1 N–H and O–H groups in total. The molecule has 0 bridgehead atoms. The van der Waals surface area contributed by atoms with E-state index in [2.05, 4.69) is 15.2 Å². The molecule has 0 saturated carbocycles. The zero-order chi connectivity index (χ0) is 17.5. The Hall–Kier alpha value is -2.40. The molecule has 1 aliphatic heterocycles. The summed E-state index contributed by atoms with van der Waals surface area (Å²) in [5, 5.41) is 2.97. The van der Waals surface area contributed by atoms with Crippen LogP contribution in [-0.2, 0) is 4.79 Å². The van der Waals surface area contributed by atoms with Gasteiger partial charge in [0.05, 0.1) is 13.2 Å². The minimum Gasteiger partial charge on any atom is -0.477 e. The minimum absolute atomic E-state index is 0.0498. The molecule has 0 atom stereocenters. The number of ether oxygens (including phenoxy) is 1. The summed E-state index contributed by atoms with van der Waals surface area (Å²) in [7, 11) is 0. The maximum Gasteiger partial charge on any atom is 0.238 e. The summed E-state index contributed by atoms with van der Waals surface area (Å²) >= 11 is 0. The Morgan fingerprint density at radius 1 is 1.24 bits per heavy atom. The molecule has 0 spiro atoms. The molecule has 1 aromatic carbocycles. The average molecular weight is 339 g/mol. The smallest absolute Gasteiger partial charge is 0.238 e. The van der Waals surface area contributed by atoms with Gasteiger partial charge in [0.1, 0.15) is 0 Å². The number of carbonyl (C=O) groups excluding carboxylic acids is 1. The molecule has 0 radical (unpaired) electrons. The zero-order valence-corrected chi connectivity index (χ0v) is 14.6. The molecule has 1 saturated heterocycles. The highest BCUT2D eigenvalue weighted by Crippen LogP contribution is 2.18. The van der Waals surface area contributed by atoms with Gasteiger partial charge in [0.2, 0.25) is 11.8 Å². The molecule has 1 aliphatic rings. The molecule has 1 amide bonds. The molecule has 25 heavy (non-hydrogen) atoms. The first kappa shape index (κ1) is 17.4. The van der Waals surface area contributed by atoms with E-state index in [1.165, 1.54) is 0 Å². The van der Waals surface area contributed by atoms with Crippen molar-refractivity contribution >= 4 is 11.6 Å². The summed E-state index contributed by atoms with van der Waals surface area (Å²) in [6.45, 7) is 5.02. The molecule has 2 aromatic rings. The van der Waals surface area contributed by atoms with Crippen molar-refractivity contribution in [3.8, 4) is 5.88 Å². The van der Waals surface area contributed by atoms with Crippen LogP contribution in [0, 0.1) is 12.8 Å². The van der Waals surface area contributed by atoms with E-state index in [9.17, 15) is 4.79 Å². The molecule has 1 aromatic heterocycles. The molecule has 132 valence electrons. The van der Waals surface area contributed by atoms with Crippen molar-refractivity contribution in [2.24, 2.45) is 5.92 Å². The number of pyridine rings is 1. The van der Waals surface area contributed by atoms with Gasteiger partial charge < -0.3 is 10.1 Å². The first-order chi connectivity index (χ1) is 12.2.